The third-order valence-corrected chi connectivity index (χ3v) is 6.92. The molecule has 2 fully saturated rings. The molecular formula is C20H30NO5P. The highest BCUT2D eigenvalue weighted by atomic mass is 31.1. The summed E-state index contributed by atoms with van der Waals surface area (Å²) in [7, 11) is -1.35. The first-order valence-electron chi connectivity index (χ1n) is 9.86. The lowest BCUT2D eigenvalue weighted by Gasteiger charge is -2.40. The SMILES string of the molecule is O=[PH2]C(O)(CC1CCCCC1)[C@H]1CN[C@H](Cc2ccccc2C(=O)O)CO1. The molecule has 1 aromatic rings. The van der Waals surface area contributed by atoms with Gasteiger partial charge < -0.3 is 24.8 Å². The van der Waals surface area contributed by atoms with Gasteiger partial charge in [0, 0.05) is 12.6 Å². The Kier molecular flexibility index (Phi) is 7.10. The lowest BCUT2D eigenvalue weighted by Crippen LogP contribution is -2.55. The quantitative estimate of drug-likeness (QED) is 0.615. The van der Waals surface area contributed by atoms with Crippen LogP contribution < -0.4 is 5.32 Å². The number of carboxylic acids is 1. The standard InChI is InChI=1S/C20H30NO5P/c22-19(23)17-9-5-4-8-15(17)10-16-13-26-18(12-21-16)20(24,27-25)11-14-6-2-1-3-7-14/h4-5,8-9,14,16,18,21,24H,1-3,6-7,10-13,27H2,(H,22,23)/t16-,18-,20?/m1/s1. The molecule has 150 valence electrons. The third-order valence-electron chi connectivity index (χ3n) is 5.91. The molecule has 0 aromatic heterocycles. The summed E-state index contributed by atoms with van der Waals surface area (Å²) in [6.45, 7) is 0.795. The number of carboxylic acid groups (broad SMARTS) is 1. The smallest absolute Gasteiger partial charge is 0.335 e. The van der Waals surface area contributed by atoms with Crippen molar-refractivity contribution in [1.29, 1.82) is 0 Å². The molecule has 0 bridgehead atoms. The van der Waals surface area contributed by atoms with Crippen molar-refractivity contribution in [2.75, 3.05) is 13.2 Å². The monoisotopic (exact) mass is 395 g/mol. The van der Waals surface area contributed by atoms with Crippen LogP contribution in [0.25, 0.3) is 0 Å². The molecular weight excluding hydrogens is 365 g/mol. The number of hydrogen-bond acceptors (Lipinski definition) is 5. The van der Waals surface area contributed by atoms with E-state index >= 15 is 0 Å². The molecule has 4 atom stereocenters. The first kappa shape index (κ1) is 20.5. The van der Waals surface area contributed by atoms with E-state index in [0.717, 1.165) is 18.4 Å². The van der Waals surface area contributed by atoms with Crippen LogP contribution in [-0.4, -0.2) is 46.8 Å². The molecule has 2 aliphatic rings. The van der Waals surface area contributed by atoms with E-state index < -0.39 is 25.9 Å². The zero-order valence-corrected chi connectivity index (χ0v) is 16.8. The first-order valence-corrected chi connectivity index (χ1v) is 10.9. The topological polar surface area (TPSA) is 95.9 Å². The van der Waals surface area contributed by atoms with Gasteiger partial charge in [0.15, 0.2) is 0 Å². The van der Waals surface area contributed by atoms with Crippen molar-refractivity contribution >= 4 is 14.4 Å². The van der Waals surface area contributed by atoms with Crippen molar-refractivity contribution in [2.45, 2.75) is 62.4 Å². The van der Waals surface area contributed by atoms with Crippen molar-refractivity contribution in [3.63, 3.8) is 0 Å². The van der Waals surface area contributed by atoms with Gasteiger partial charge in [0.25, 0.3) is 0 Å². The lowest BCUT2D eigenvalue weighted by atomic mass is 9.84. The molecule has 7 heteroatoms. The summed E-state index contributed by atoms with van der Waals surface area (Å²) in [6.07, 6.45) is 6.42. The van der Waals surface area contributed by atoms with Crippen LogP contribution in [0.5, 0.6) is 0 Å². The summed E-state index contributed by atoms with van der Waals surface area (Å²) < 4.78 is 17.8. The molecule has 1 saturated heterocycles. The molecule has 0 radical (unpaired) electrons. The molecule has 1 saturated carbocycles. The maximum absolute atomic E-state index is 11.9. The molecule has 27 heavy (non-hydrogen) atoms. The highest BCUT2D eigenvalue weighted by Gasteiger charge is 2.41. The molecule has 1 aliphatic carbocycles. The summed E-state index contributed by atoms with van der Waals surface area (Å²) in [5.41, 5.74) is 1.07. The molecule has 2 unspecified atom stereocenters. The van der Waals surface area contributed by atoms with E-state index in [1.165, 1.54) is 19.3 Å². The van der Waals surface area contributed by atoms with Crippen LogP contribution in [0.1, 0.15) is 54.4 Å². The fourth-order valence-electron chi connectivity index (χ4n) is 4.36. The van der Waals surface area contributed by atoms with Crippen molar-refractivity contribution in [1.82, 2.24) is 5.32 Å². The Hall–Kier alpha value is -1.20. The van der Waals surface area contributed by atoms with E-state index in [-0.39, 0.29) is 6.04 Å². The van der Waals surface area contributed by atoms with E-state index in [2.05, 4.69) is 5.32 Å². The normalized spacial score (nSPS) is 26.9. The number of aliphatic hydroxyl groups is 1. The van der Waals surface area contributed by atoms with Crippen LogP contribution in [0.3, 0.4) is 0 Å². The predicted octanol–water partition coefficient (Wildman–Crippen LogP) is 2.70. The Morgan fingerprint density at radius 2 is 2.00 bits per heavy atom. The molecule has 6 nitrogen and oxygen atoms in total. The van der Waals surface area contributed by atoms with Gasteiger partial charge in [-0.1, -0.05) is 50.3 Å². The fraction of sp³-hybridized carbons (Fsp3) is 0.650. The molecule has 0 amide bonds. The summed E-state index contributed by atoms with van der Waals surface area (Å²) in [5.74, 6) is -0.508. The minimum Gasteiger partial charge on any atom is -0.478 e. The van der Waals surface area contributed by atoms with Crippen LogP contribution in [0.15, 0.2) is 24.3 Å². The summed E-state index contributed by atoms with van der Waals surface area (Å²) in [4.78, 5) is 11.4. The first-order chi connectivity index (χ1) is 13.0. The van der Waals surface area contributed by atoms with Crippen LogP contribution >= 0.6 is 8.46 Å². The number of aromatic carboxylic acids is 1. The highest BCUT2D eigenvalue weighted by molar-refractivity contribution is 7.25. The molecule has 1 aliphatic heterocycles. The molecule has 1 heterocycles. The van der Waals surface area contributed by atoms with E-state index in [9.17, 15) is 19.6 Å². The number of benzene rings is 1. The second-order valence-corrected chi connectivity index (χ2v) is 9.15. The van der Waals surface area contributed by atoms with Gasteiger partial charge in [-0.05, 0) is 30.4 Å². The average molecular weight is 395 g/mol. The van der Waals surface area contributed by atoms with E-state index in [1.807, 2.05) is 12.1 Å². The van der Waals surface area contributed by atoms with E-state index in [1.54, 1.807) is 12.1 Å². The molecule has 3 rings (SSSR count). The van der Waals surface area contributed by atoms with Crippen molar-refractivity contribution in [2.24, 2.45) is 5.92 Å². The second-order valence-electron chi connectivity index (χ2n) is 7.91. The summed E-state index contributed by atoms with van der Waals surface area (Å²) in [5, 5.41) is 22.4. The number of hydrogen-bond donors (Lipinski definition) is 3. The van der Waals surface area contributed by atoms with Crippen LogP contribution in [0.2, 0.25) is 0 Å². The van der Waals surface area contributed by atoms with E-state index in [4.69, 9.17) is 4.74 Å². The maximum Gasteiger partial charge on any atom is 0.335 e. The number of rotatable bonds is 7. The zero-order chi connectivity index (χ0) is 19.3. The molecule has 0 spiro atoms. The number of carbonyl (C=O) groups is 1. The van der Waals surface area contributed by atoms with Crippen LogP contribution in [0.4, 0.5) is 0 Å². The Balaban J connectivity index is 1.57. The van der Waals surface area contributed by atoms with Crippen LogP contribution in [0, 0.1) is 5.92 Å². The van der Waals surface area contributed by atoms with Gasteiger partial charge in [-0.2, -0.15) is 0 Å². The van der Waals surface area contributed by atoms with Gasteiger partial charge >= 0.3 is 5.97 Å². The lowest BCUT2D eigenvalue weighted by molar-refractivity contribution is -0.0942. The van der Waals surface area contributed by atoms with Gasteiger partial charge in [0.05, 0.1) is 20.6 Å². The van der Waals surface area contributed by atoms with E-state index in [0.29, 0.717) is 37.5 Å². The van der Waals surface area contributed by atoms with Gasteiger partial charge in [0.2, 0.25) is 0 Å². The summed E-state index contributed by atoms with van der Waals surface area (Å²) in [6, 6.07) is 6.95. The maximum atomic E-state index is 11.9. The Morgan fingerprint density at radius 1 is 1.26 bits per heavy atom. The number of morpholine rings is 1. The van der Waals surface area contributed by atoms with Crippen LogP contribution in [-0.2, 0) is 15.7 Å². The molecule has 3 N–H and O–H groups in total. The van der Waals surface area contributed by atoms with Gasteiger partial charge in [-0.15, -0.1) is 0 Å². The van der Waals surface area contributed by atoms with Gasteiger partial charge in [-0.25, -0.2) is 4.79 Å². The van der Waals surface area contributed by atoms with Gasteiger partial charge in [0.1, 0.15) is 11.4 Å². The minimum absolute atomic E-state index is 0.0256. The average Bonchev–Trinajstić information content (AvgIpc) is 2.69. The highest BCUT2D eigenvalue weighted by Crippen LogP contribution is 2.39. The zero-order valence-electron chi connectivity index (χ0n) is 15.6. The Morgan fingerprint density at radius 3 is 2.63 bits per heavy atom. The van der Waals surface area contributed by atoms with Crippen molar-refractivity contribution < 1.29 is 24.3 Å². The van der Waals surface area contributed by atoms with Crippen molar-refractivity contribution in [3.8, 4) is 0 Å². The van der Waals surface area contributed by atoms with Gasteiger partial charge in [-0.3, -0.25) is 0 Å². The molecule has 1 aromatic carbocycles. The summed E-state index contributed by atoms with van der Waals surface area (Å²) >= 11 is 0. The number of nitrogens with one attached hydrogen (secondary N) is 1. The second kappa shape index (κ2) is 9.33. The predicted molar refractivity (Wildman–Crippen MR) is 105 cm³/mol. The largest absolute Gasteiger partial charge is 0.478 e. The third kappa shape index (κ3) is 5.20. The number of ether oxygens (including phenoxy) is 1. The fourth-order valence-corrected chi connectivity index (χ4v) is 5.15. The Bertz CT molecular complexity index is 656. The van der Waals surface area contributed by atoms with Crippen molar-refractivity contribution in [3.05, 3.63) is 35.4 Å². The Labute approximate surface area is 161 Å². The minimum atomic E-state index is -1.35.